The van der Waals surface area contributed by atoms with E-state index in [1.54, 1.807) is 0 Å². The van der Waals surface area contributed by atoms with Crippen LogP contribution in [0.4, 0.5) is 14.5 Å². The third kappa shape index (κ3) is 3.14. The van der Waals surface area contributed by atoms with Gasteiger partial charge in [-0.2, -0.15) is 0 Å². The number of hydrogen-bond acceptors (Lipinski definition) is 3. The maximum Gasteiger partial charge on any atom is 0.146 e. The zero-order valence-corrected chi connectivity index (χ0v) is 9.47. The number of hydrogen-bond donors (Lipinski definition) is 3. The summed E-state index contributed by atoms with van der Waals surface area (Å²) in [6, 6.07) is 3.24. The first-order valence-electron chi connectivity index (χ1n) is 5.71. The average molecular weight is 242 g/mol. The standard InChI is InChI=1S/C12H16F2N2O/c13-9-1-2-10(14)11(7-9)16-8-12(17)3-5-15-6-4-12/h1-2,7,15-17H,3-6,8H2. The van der Waals surface area contributed by atoms with Crippen LogP contribution in [0.1, 0.15) is 12.8 Å². The predicted molar refractivity (Wildman–Crippen MR) is 61.9 cm³/mol. The molecule has 1 heterocycles. The van der Waals surface area contributed by atoms with Crippen molar-refractivity contribution in [3.63, 3.8) is 0 Å². The Morgan fingerprint density at radius 1 is 1.29 bits per heavy atom. The van der Waals surface area contributed by atoms with E-state index in [2.05, 4.69) is 10.6 Å². The molecule has 3 N–H and O–H groups in total. The summed E-state index contributed by atoms with van der Waals surface area (Å²) >= 11 is 0. The molecule has 0 aliphatic carbocycles. The van der Waals surface area contributed by atoms with Gasteiger partial charge < -0.3 is 15.7 Å². The molecule has 2 rings (SSSR count). The lowest BCUT2D eigenvalue weighted by atomic mass is 9.92. The van der Waals surface area contributed by atoms with Crippen LogP contribution < -0.4 is 10.6 Å². The van der Waals surface area contributed by atoms with Gasteiger partial charge in [-0.1, -0.05) is 0 Å². The maximum absolute atomic E-state index is 13.3. The van der Waals surface area contributed by atoms with E-state index in [-0.39, 0.29) is 12.2 Å². The van der Waals surface area contributed by atoms with Crippen LogP contribution in [0.25, 0.3) is 0 Å². The van der Waals surface area contributed by atoms with Gasteiger partial charge in [-0.15, -0.1) is 0 Å². The quantitative estimate of drug-likeness (QED) is 0.752. The lowest BCUT2D eigenvalue weighted by Crippen LogP contribution is -2.46. The van der Waals surface area contributed by atoms with Crippen LogP contribution in [0.3, 0.4) is 0 Å². The van der Waals surface area contributed by atoms with Crippen LogP contribution in [0, 0.1) is 11.6 Å². The van der Waals surface area contributed by atoms with Crippen molar-refractivity contribution in [1.82, 2.24) is 5.32 Å². The Hall–Kier alpha value is -1.20. The molecule has 1 aromatic rings. The molecule has 0 bridgehead atoms. The first kappa shape index (κ1) is 12.3. The third-order valence-corrected chi connectivity index (χ3v) is 3.07. The molecule has 0 radical (unpaired) electrons. The second-order valence-corrected chi connectivity index (χ2v) is 4.45. The smallest absolute Gasteiger partial charge is 0.146 e. The van der Waals surface area contributed by atoms with E-state index in [9.17, 15) is 13.9 Å². The van der Waals surface area contributed by atoms with E-state index in [4.69, 9.17) is 0 Å². The number of rotatable bonds is 3. The van der Waals surface area contributed by atoms with Gasteiger partial charge in [0.05, 0.1) is 11.3 Å². The number of anilines is 1. The normalized spacial score (nSPS) is 19.0. The first-order chi connectivity index (χ1) is 8.09. The van der Waals surface area contributed by atoms with Crippen molar-refractivity contribution in [3.05, 3.63) is 29.8 Å². The van der Waals surface area contributed by atoms with E-state index in [0.717, 1.165) is 31.3 Å². The highest BCUT2D eigenvalue weighted by Crippen LogP contribution is 2.21. The fraction of sp³-hybridized carbons (Fsp3) is 0.500. The fourth-order valence-corrected chi connectivity index (χ4v) is 1.96. The van der Waals surface area contributed by atoms with Gasteiger partial charge in [0.15, 0.2) is 0 Å². The van der Waals surface area contributed by atoms with Gasteiger partial charge in [0.25, 0.3) is 0 Å². The van der Waals surface area contributed by atoms with Crippen molar-refractivity contribution in [2.75, 3.05) is 25.0 Å². The van der Waals surface area contributed by atoms with Crippen LogP contribution in [0.2, 0.25) is 0 Å². The Morgan fingerprint density at radius 3 is 2.71 bits per heavy atom. The molecule has 17 heavy (non-hydrogen) atoms. The van der Waals surface area contributed by atoms with Crippen molar-refractivity contribution in [3.8, 4) is 0 Å². The Bertz CT molecular complexity index is 392. The highest BCUT2D eigenvalue weighted by atomic mass is 19.1. The monoisotopic (exact) mass is 242 g/mol. The molecule has 0 aromatic heterocycles. The van der Waals surface area contributed by atoms with E-state index in [1.165, 1.54) is 0 Å². The Morgan fingerprint density at radius 2 is 2.00 bits per heavy atom. The highest BCUT2D eigenvalue weighted by Gasteiger charge is 2.28. The van der Waals surface area contributed by atoms with Gasteiger partial charge in [0.2, 0.25) is 0 Å². The van der Waals surface area contributed by atoms with E-state index in [1.807, 2.05) is 0 Å². The minimum absolute atomic E-state index is 0.0944. The van der Waals surface area contributed by atoms with Crippen molar-refractivity contribution >= 4 is 5.69 Å². The lowest BCUT2D eigenvalue weighted by Gasteiger charge is -2.33. The molecular weight excluding hydrogens is 226 g/mol. The highest BCUT2D eigenvalue weighted by molar-refractivity contribution is 5.45. The van der Waals surface area contributed by atoms with E-state index in [0.29, 0.717) is 12.8 Å². The van der Waals surface area contributed by atoms with Gasteiger partial charge in [-0.3, -0.25) is 0 Å². The summed E-state index contributed by atoms with van der Waals surface area (Å²) in [5.41, 5.74) is -0.749. The summed E-state index contributed by atoms with van der Waals surface area (Å²) in [5, 5.41) is 16.1. The summed E-state index contributed by atoms with van der Waals surface area (Å²) < 4.78 is 26.3. The average Bonchev–Trinajstić information content (AvgIpc) is 2.31. The number of aliphatic hydroxyl groups is 1. The Kier molecular flexibility index (Phi) is 3.59. The molecule has 94 valence electrons. The second kappa shape index (κ2) is 4.98. The SMILES string of the molecule is OC1(CNc2cc(F)ccc2F)CCNCC1. The van der Waals surface area contributed by atoms with Crippen molar-refractivity contribution in [2.24, 2.45) is 0 Å². The largest absolute Gasteiger partial charge is 0.388 e. The van der Waals surface area contributed by atoms with Crippen LogP contribution in [0.5, 0.6) is 0 Å². The van der Waals surface area contributed by atoms with Crippen LogP contribution in [-0.4, -0.2) is 30.3 Å². The van der Waals surface area contributed by atoms with E-state index < -0.39 is 17.2 Å². The summed E-state index contributed by atoms with van der Waals surface area (Å²) in [7, 11) is 0. The molecule has 0 spiro atoms. The van der Waals surface area contributed by atoms with Crippen LogP contribution in [0.15, 0.2) is 18.2 Å². The summed E-state index contributed by atoms with van der Waals surface area (Å²) in [6.07, 6.45) is 1.22. The Labute approximate surface area is 98.8 Å². The van der Waals surface area contributed by atoms with Crippen LogP contribution >= 0.6 is 0 Å². The molecule has 1 saturated heterocycles. The molecule has 5 heteroatoms. The van der Waals surface area contributed by atoms with Crippen molar-refractivity contribution in [1.29, 1.82) is 0 Å². The van der Waals surface area contributed by atoms with Gasteiger partial charge in [0, 0.05) is 6.54 Å². The van der Waals surface area contributed by atoms with E-state index >= 15 is 0 Å². The second-order valence-electron chi connectivity index (χ2n) is 4.45. The Balaban J connectivity index is 1.99. The molecule has 0 saturated carbocycles. The minimum Gasteiger partial charge on any atom is -0.388 e. The molecule has 0 amide bonds. The maximum atomic E-state index is 13.3. The third-order valence-electron chi connectivity index (χ3n) is 3.07. The summed E-state index contributed by atoms with van der Waals surface area (Å²) in [6.45, 7) is 1.71. The number of halogens is 2. The summed E-state index contributed by atoms with van der Waals surface area (Å²) in [4.78, 5) is 0. The van der Waals surface area contributed by atoms with Gasteiger partial charge in [0.1, 0.15) is 11.6 Å². The summed E-state index contributed by atoms with van der Waals surface area (Å²) in [5.74, 6) is -1.00. The first-order valence-corrected chi connectivity index (χ1v) is 5.71. The minimum atomic E-state index is -0.843. The molecule has 1 aromatic carbocycles. The molecule has 0 unspecified atom stereocenters. The predicted octanol–water partition coefficient (Wildman–Crippen LogP) is 1.49. The van der Waals surface area contributed by atoms with Crippen LogP contribution in [-0.2, 0) is 0 Å². The van der Waals surface area contributed by atoms with Gasteiger partial charge in [-0.25, -0.2) is 8.78 Å². The molecular formula is C12H16F2N2O. The molecule has 1 fully saturated rings. The van der Waals surface area contributed by atoms with Gasteiger partial charge >= 0.3 is 0 Å². The van der Waals surface area contributed by atoms with Crippen molar-refractivity contribution in [2.45, 2.75) is 18.4 Å². The number of nitrogens with one attached hydrogen (secondary N) is 2. The number of piperidine rings is 1. The molecule has 0 atom stereocenters. The zero-order valence-electron chi connectivity index (χ0n) is 9.47. The topological polar surface area (TPSA) is 44.3 Å². The molecule has 1 aliphatic heterocycles. The molecule has 1 aliphatic rings. The number of benzene rings is 1. The van der Waals surface area contributed by atoms with Crippen molar-refractivity contribution < 1.29 is 13.9 Å². The fourth-order valence-electron chi connectivity index (χ4n) is 1.96. The molecule has 3 nitrogen and oxygen atoms in total. The van der Waals surface area contributed by atoms with Gasteiger partial charge in [-0.05, 0) is 44.1 Å². The lowest BCUT2D eigenvalue weighted by molar-refractivity contribution is 0.0231. The zero-order chi connectivity index (χ0) is 12.3.